The van der Waals surface area contributed by atoms with Crippen molar-refractivity contribution in [2.75, 3.05) is 55.8 Å². The van der Waals surface area contributed by atoms with Crippen molar-refractivity contribution >= 4 is 35.0 Å². The summed E-state index contributed by atoms with van der Waals surface area (Å²) in [7, 11) is 1.62. The molecule has 2 heterocycles. The predicted molar refractivity (Wildman–Crippen MR) is 134 cm³/mol. The number of amides is 1. The van der Waals surface area contributed by atoms with E-state index >= 15 is 0 Å². The maximum absolute atomic E-state index is 11.9. The van der Waals surface area contributed by atoms with Crippen molar-refractivity contribution in [2.45, 2.75) is 13.3 Å². The number of nitrogens with one attached hydrogen (secondary N) is 6. The van der Waals surface area contributed by atoms with Crippen LogP contribution >= 0.6 is 0 Å². The fourth-order valence-electron chi connectivity index (χ4n) is 3.03. The molecule has 0 aliphatic carbocycles. The minimum Gasteiger partial charge on any atom is -0.383 e. The number of carbonyl (C=O) groups excluding carboxylic acids is 1. The van der Waals surface area contributed by atoms with E-state index in [0.29, 0.717) is 56.1 Å². The quantitative estimate of drug-likeness (QED) is 0.188. The van der Waals surface area contributed by atoms with E-state index in [1.807, 2.05) is 37.3 Å². The highest BCUT2D eigenvalue weighted by molar-refractivity contribution is 5.78. The first-order valence-electron chi connectivity index (χ1n) is 11.2. The van der Waals surface area contributed by atoms with Crippen LogP contribution in [-0.4, -0.2) is 66.0 Å². The summed E-state index contributed by atoms with van der Waals surface area (Å²) < 4.78 is 4.94. The summed E-state index contributed by atoms with van der Waals surface area (Å²) in [5, 5.41) is 31.3. The number of H-pyrrole nitrogens is 1. The van der Waals surface area contributed by atoms with Crippen LogP contribution in [0.3, 0.4) is 0 Å². The Hall–Kier alpha value is -4.21. The van der Waals surface area contributed by atoms with Gasteiger partial charge in [-0.05, 0) is 24.6 Å². The maximum atomic E-state index is 11.9. The summed E-state index contributed by atoms with van der Waals surface area (Å²) in [5.74, 6) is 2.04. The van der Waals surface area contributed by atoms with Crippen LogP contribution in [0.15, 0.2) is 36.4 Å². The minimum absolute atomic E-state index is 0.0935. The molecule has 0 radical (unpaired) electrons. The summed E-state index contributed by atoms with van der Waals surface area (Å²) in [6.07, 6.45) is 0.354. The zero-order valence-electron chi connectivity index (χ0n) is 19.8. The van der Waals surface area contributed by atoms with Gasteiger partial charge in [-0.3, -0.25) is 9.89 Å². The summed E-state index contributed by atoms with van der Waals surface area (Å²) >= 11 is 0. The monoisotopic (exact) mass is 478 g/mol. The third-order valence-electron chi connectivity index (χ3n) is 4.70. The molecule has 2 aromatic heterocycles. The van der Waals surface area contributed by atoms with Crippen LogP contribution < -0.4 is 26.6 Å². The second-order valence-corrected chi connectivity index (χ2v) is 7.63. The predicted octanol–water partition coefficient (Wildman–Crippen LogP) is 1.83. The summed E-state index contributed by atoms with van der Waals surface area (Å²) in [6, 6.07) is 13.3. The van der Waals surface area contributed by atoms with Crippen LogP contribution in [0.4, 0.5) is 29.1 Å². The van der Waals surface area contributed by atoms with Gasteiger partial charge in [0.1, 0.15) is 11.6 Å². The molecule has 0 atom stereocenters. The van der Waals surface area contributed by atoms with Gasteiger partial charge in [-0.25, -0.2) is 0 Å². The largest absolute Gasteiger partial charge is 0.383 e. The molecule has 0 bridgehead atoms. The van der Waals surface area contributed by atoms with Gasteiger partial charge < -0.3 is 31.3 Å². The van der Waals surface area contributed by atoms with Crippen molar-refractivity contribution in [3.8, 4) is 6.07 Å². The number of nitriles is 1. The van der Waals surface area contributed by atoms with Gasteiger partial charge >= 0.3 is 0 Å². The lowest BCUT2D eigenvalue weighted by Gasteiger charge is -2.12. The van der Waals surface area contributed by atoms with Crippen molar-refractivity contribution in [2.24, 2.45) is 0 Å². The molecule has 0 unspecified atom stereocenters. The first-order valence-corrected chi connectivity index (χ1v) is 11.2. The van der Waals surface area contributed by atoms with Gasteiger partial charge in [0.2, 0.25) is 11.9 Å². The molecule has 0 aliphatic rings. The number of hydrogen-bond acceptors (Lipinski definition) is 10. The van der Waals surface area contributed by atoms with E-state index in [0.717, 1.165) is 16.9 Å². The van der Waals surface area contributed by atoms with Crippen molar-refractivity contribution < 1.29 is 9.53 Å². The van der Waals surface area contributed by atoms with Gasteiger partial charge in [0.05, 0.1) is 25.6 Å². The van der Waals surface area contributed by atoms with Gasteiger partial charge in [0, 0.05) is 50.3 Å². The lowest BCUT2D eigenvalue weighted by molar-refractivity contribution is -0.120. The molecule has 0 saturated carbocycles. The number of aromatic nitrogens is 4. The Morgan fingerprint density at radius 3 is 2.57 bits per heavy atom. The Morgan fingerprint density at radius 1 is 1.06 bits per heavy atom. The molecular formula is C23H30N10O2. The third kappa shape index (κ3) is 8.92. The molecule has 1 amide bonds. The Bertz CT molecular complexity index is 1120. The van der Waals surface area contributed by atoms with Crippen LogP contribution in [-0.2, 0) is 16.0 Å². The lowest BCUT2D eigenvalue weighted by Crippen LogP contribution is -2.37. The Balaban J connectivity index is 1.62. The highest BCUT2D eigenvalue weighted by Gasteiger charge is 2.08. The number of aryl methyl sites for hydroxylation is 1. The molecule has 3 rings (SSSR count). The summed E-state index contributed by atoms with van der Waals surface area (Å²) in [4.78, 5) is 20.9. The van der Waals surface area contributed by atoms with Crippen LogP contribution in [0.2, 0.25) is 0 Å². The van der Waals surface area contributed by atoms with Crippen LogP contribution in [0.5, 0.6) is 0 Å². The number of rotatable bonds is 14. The number of aromatic amines is 1. The molecule has 0 saturated heterocycles. The van der Waals surface area contributed by atoms with E-state index in [-0.39, 0.29) is 12.5 Å². The Labute approximate surface area is 203 Å². The van der Waals surface area contributed by atoms with Gasteiger partial charge in [0.25, 0.3) is 0 Å². The second-order valence-electron chi connectivity index (χ2n) is 7.63. The normalized spacial score (nSPS) is 10.4. The summed E-state index contributed by atoms with van der Waals surface area (Å²) in [6.45, 7) is 4.22. The molecule has 1 aromatic carbocycles. The fourth-order valence-corrected chi connectivity index (χ4v) is 3.03. The topological polar surface area (TPSA) is 165 Å². The highest BCUT2D eigenvalue weighted by Crippen LogP contribution is 2.21. The second kappa shape index (κ2) is 13.5. The van der Waals surface area contributed by atoms with E-state index in [1.165, 1.54) is 0 Å². The van der Waals surface area contributed by atoms with Crippen molar-refractivity contribution in [3.05, 3.63) is 47.7 Å². The Kier molecular flexibility index (Phi) is 9.79. The molecule has 35 heavy (non-hydrogen) atoms. The third-order valence-corrected chi connectivity index (χ3v) is 4.70. The van der Waals surface area contributed by atoms with Gasteiger partial charge in [-0.15, -0.1) is 0 Å². The maximum Gasteiger partial charge on any atom is 0.234 e. The van der Waals surface area contributed by atoms with Gasteiger partial charge in [0.15, 0.2) is 5.82 Å². The molecule has 3 aromatic rings. The van der Waals surface area contributed by atoms with E-state index in [4.69, 9.17) is 10.00 Å². The van der Waals surface area contributed by atoms with Crippen LogP contribution in [0.1, 0.15) is 11.3 Å². The van der Waals surface area contributed by atoms with Crippen LogP contribution in [0, 0.1) is 18.3 Å². The smallest absolute Gasteiger partial charge is 0.234 e. The zero-order valence-corrected chi connectivity index (χ0v) is 19.8. The first-order chi connectivity index (χ1) is 17.1. The molecular weight excluding hydrogens is 448 g/mol. The molecule has 0 aliphatic heterocycles. The molecule has 184 valence electrons. The van der Waals surface area contributed by atoms with E-state index in [9.17, 15) is 4.79 Å². The van der Waals surface area contributed by atoms with Crippen molar-refractivity contribution in [3.63, 3.8) is 0 Å². The number of benzene rings is 1. The van der Waals surface area contributed by atoms with Gasteiger partial charge in [-0.2, -0.15) is 20.3 Å². The molecule has 0 spiro atoms. The van der Waals surface area contributed by atoms with E-state index in [1.54, 1.807) is 13.2 Å². The lowest BCUT2D eigenvalue weighted by atomic mass is 10.1. The molecule has 12 nitrogen and oxygen atoms in total. The van der Waals surface area contributed by atoms with E-state index < -0.39 is 0 Å². The highest BCUT2D eigenvalue weighted by atomic mass is 16.5. The number of nitrogens with zero attached hydrogens (tertiary/aromatic N) is 4. The average Bonchev–Trinajstić information content (AvgIpc) is 3.25. The number of hydrogen-bond donors (Lipinski definition) is 6. The van der Waals surface area contributed by atoms with Crippen molar-refractivity contribution in [1.82, 2.24) is 30.8 Å². The Morgan fingerprint density at radius 2 is 1.86 bits per heavy atom. The summed E-state index contributed by atoms with van der Waals surface area (Å²) in [5.41, 5.74) is 2.64. The first kappa shape index (κ1) is 25.4. The van der Waals surface area contributed by atoms with Crippen LogP contribution in [0.25, 0.3) is 0 Å². The van der Waals surface area contributed by atoms with E-state index in [2.05, 4.69) is 52.8 Å². The number of anilines is 5. The minimum atomic E-state index is -0.0935. The average molecular weight is 479 g/mol. The number of carbonyl (C=O) groups is 1. The molecule has 0 fully saturated rings. The molecule has 6 N–H and O–H groups in total. The number of methoxy groups -OCH3 is 1. The fraction of sp³-hybridized carbons (Fsp3) is 0.348. The molecule has 12 heteroatoms. The van der Waals surface area contributed by atoms with Gasteiger partial charge in [-0.1, -0.05) is 12.1 Å². The SMILES string of the molecule is COCCNCC(=O)NCCNc1cc(Nc2cc(C)[nH]n2)nc(Nc2ccc(CC#N)cc2)n1. The van der Waals surface area contributed by atoms with Crippen molar-refractivity contribution in [1.29, 1.82) is 5.26 Å². The zero-order chi connectivity index (χ0) is 24.9. The standard InChI is InChI=1S/C23H30N10O2/c1-16-13-21(33-32-16)29-20-14-19(26-9-10-27-22(34)15-25-11-12-35-2)30-23(31-20)28-18-5-3-17(4-6-18)7-8-24/h3-6,13-14,25H,7,9-12,15H2,1-2H3,(H,27,34)(H4,26,28,29,30,31,32,33). The number of ether oxygens (including phenoxy) is 1.